The number of hydrogen-bond acceptors (Lipinski definition) is 3. The van der Waals surface area contributed by atoms with Gasteiger partial charge in [-0.25, -0.2) is 9.97 Å². The van der Waals surface area contributed by atoms with Gasteiger partial charge in [-0.15, -0.1) is 0 Å². The van der Waals surface area contributed by atoms with E-state index in [1.54, 1.807) is 0 Å². The summed E-state index contributed by atoms with van der Waals surface area (Å²) in [5.74, 6) is 1.82. The maximum Gasteiger partial charge on any atom is 0.235 e. The van der Waals surface area contributed by atoms with Crippen LogP contribution in [-0.2, 0) is 0 Å². The summed E-state index contributed by atoms with van der Waals surface area (Å²) in [6, 6.07) is 34.0. The topological polar surface area (TPSA) is 39.9 Å². The summed E-state index contributed by atoms with van der Waals surface area (Å²) in [5.41, 5.74) is 10.0. The fourth-order valence-corrected chi connectivity index (χ4v) is 6.90. The molecule has 0 radical (unpaired) electrons. The summed E-state index contributed by atoms with van der Waals surface area (Å²) in [5, 5.41) is 2.22. The average molecular weight is 542 g/mol. The molecule has 0 amide bonds. The fourth-order valence-electron chi connectivity index (χ4n) is 6.90. The molecule has 1 aliphatic heterocycles. The Morgan fingerprint density at radius 3 is 2.50 bits per heavy atom. The Morgan fingerprint density at radius 2 is 1.57 bits per heavy atom. The molecule has 0 bridgehead atoms. The smallest absolute Gasteiger partial charge is 0.235 e. The normalized spacial score (nSPS) is 18.4. The first kappa shape index (κ1) is 23.5. The van der Waals surface area contributed by atoms with Gasteiger partial charge in [0.05, 0.1) is 22.4 Å². The SMILES string of the molecule is C1=CC(c2cccc(-c3nc(-n4c5c(c6ccccc64)C4Oc6ccccc6C4C=C5)nc4ccccc34)c2)=CCC1. The number of aromatic nitrogens is 3. The van der Waals surface area contributed by atoms with Crippen LogP contribution in [0.4, 0.5) is 0 Å². The first-order chi connectivity index (χ1) is 20.8. The van der Waals surface area contributed by atoms with Gasteiger partial charge in [0.15, 0.2) is 0 Å². The van der Waals surface area contributed by atoms with Crippen molar-refractivity contribution in [2.75, 3.05) is 0 Å². The van der Waals surface area contributed by atoms with Gasteiger partial charge in [0, 0.05) is 33.4 Å². The van der Waals surface area contributed by atoms with Crippen LogP contribution >= 0.6 is 0 Å². The van der Waals surface area contributed by atoms with E-state index in [4.69, 9.17) is 14.7 Å². The Morgan fingerprint density at radius 1 is 0.738 bits per heavy atom. The lowest BCUT2D eigenvalue weighted by Gasteiger charge is -2.22. The summed E-state index contributed by atoms with van der Waals surface area (Å²) in [6.07, 6.45) is 13.4. The molecule has 2 aliphatic carbocycles. The molecule has 3 heterocycles. The van der Waals surface area contributed by atoms with Gasteiger partial charge in [0.1, 0.15) is 11.9 Å². The molecule has 4 nitrogen and oxygen atoms in total. The molecule has 42 heavy (non-hydrogen) atoms. The fraction of sp³-hybridized carbons (Fsp3) is 0.105. The highest BCUT2D eigenvalue weighted by Gasteiger charge is 2.40. The summed E-state index contributed by atoms with van der Waals surface area (Å²) in [6.45, 7) is 0. The number of para-hydroxylation sites is 3. The molecule has 2 aromatic heterocycles. The van der Waals surface area contributed by atoms with Gasteiger partial charge >= 0.3 is 0 Å². The molecule has 0 saturated heterocycles. The van der Waals surface area contributed by atoms with E-state index in [1.165, 1.54) is 27.6 Å². The molecule has 0 N–H and O–H groups in total. The van der Waals surface area contributed by atoms with Crippen molar-refractivity contribution in [1.82, 2.24) is 14.5 Å². The molecular weight excluding hydrogens is 514 g/mol. The second kappa shape index (κ2) is 9.15. The quantitative estimate of drug-likeness (QED) is 0.224. The van der Waals surface area contributed by atoms with Crippen LogP contribution in [0.1, 0.15) is 47.2 Å². The largest absolute Gasteiger partial charge is 0.484 e. The minimum Gasteiger partial charge on any atom is -0.484 e. The Bertz CT molecular complexity index is 2150. The predicted molar refractivity (Wildman–Crippen MR) is 170 cm³/mol. The number of fused-ring (bicyclic) bond motifs is 8. The Hall–Kier alpha value is -5.22. The third kappa shape index (κ3) is 3.48. The van der Waals surface area contributed by atoms with Crippen LogP contribution in [0, 0.1) is 0 Å². The zero-order valence-electron chi connectivity index (χ0n) is 22.9. The second-order valence-corrected chi connectivity index (χ2v) is 11.2. The minimum atomic E-state index is -0.0815. The lowest BCUT2D eigenvalue weighted by molar-refractivity contribution is 0.224. The van der Waals surface area contributed by atoms with E-state index in [0.717, 1.165) is 52.0 Å². The van der Waals surface area contributed by atoms with Crippen LogP contribution in [-0.4, -0.2) is 14.5 Å². The maximum absolute atomic E-state index is 6.61. The zero-order valence-corrected chi connectivity index (χ0v) is 22.9. The molecule has 0 spiro atoms. The van der Waals surface area contributed by atoms with Gasteiger partial charge in [0.2, 0.25) is 5.95 Å². The van der Waals surface area contributed by atoms with E-state index in [9.17, 15) is 0 Å². The van der Waals surface area contributed by atoms with Crippen molar-refractivity contribution in [2.45, 2.75) is 24.9 Å². The molecule has 2 unspecified atom stereocenters. The number of hydrogen-bond donors (Lipinski definition) is 0. The van der Waals surface area contributed by atoms with Gasteiger partial charge < -0.3 is 4.74 Å². The molecule has 0 fully saturated rings. The van der Waals surface area contributed by atoms with Crippen molar-refractivity contribution >= 4 is 33.5 Å². The third-order valence-corrected chi connectivity index (χ3v) is 8.81. The van der Waals surface area contributed by atoms with Crippen LogP contribution in [0.25, 0.3) is 50.7 Å². The standard InChI is InChI=1S/C38H27N3O/c1-2-11-24(12-3-1)25-13-10-14-26(23-25)36-29-16-4-7-18-31(29)39-38(40-36)41-32-19-8-5-17-30(32)35-33(41)22-21-28-27-15-6-9-20-34(27)42-37(28)35/h2,4-23,28,37H,1,3H2. The highest BCUT2D eigenvalue weighted by atomic mass is 16.5. The van der Waals surface area contributed by atoms with Crippen molar-refractivity contribution < 1.29 is 4.74 Å². The molecule has 3 aliphatic rings. The van der Waals surface area contributed by atoms with E-state index >= 15 is 0 Å². The van der Waals surface area contributed by atoms with Gasteiger partial charge in [-0.3, -0.25) is 4.57 Å². The minimum absolute atomic E-state index is 0.0815. The number of rotatable bonds is 3. The van der Waals surface area contributed by atoms with Gasteiger partial charge in [0.25, 0.3) is 0 Å². The van der Waals surface area contributed by atoms with Crippen molar-refractivity contribution in [3.8, 4) is 23.0 Å². The molecule has 200 valence electrons. The summed E-state index contributed by atoms with van der Waals surface area (Å²) in [4.78, 5) is 10.5. The van der Waals surface area contributed by atoms with Crippen molar-refractivity contribution in [3.63, 3.8) is 0 Å². The van der Waals surface area contributed by atoms with Crippen LogP contribution in [0.2, 0.25) is 0 Å². The summed E-state index contributed by atoms with van der Waals surface area (Å²) >= 11 is 0. The zero-order chi connectivity index (χ0) is 27.6. The highest BCUT2D eigenvalue weighted by Crippen LogP contribution is 2.52. The molecule has 0 saturated carbocycles. The summed E-state index contributed by atoms with van der Waals surface area (Å²) < 4.78 is 8.83. The van der Waals surface area contributed by atoms with E-state index < -0.39 is 0 Å². The Labute approximate surface area is 244 Å². The first-order valence-electron chi connectivity index (χ1n) is 14.7. The lowest BCUT2D eigenvalue weighted by Crippen LogP contribution is -2.14. The number of nitrogens with zero attached hydrogens (tertiary/aromatic N) is 3. The van der Waals surface area contributed by atoms with Crippen molar-refractivity contribution in [3.05, 3.63) is 144 Å². The maximum atomic E-state index is 6.61. The van der Waals surface area contributed by atoms with E-state index in [1.807, 2.05) is 12.1 Å². The highest BCUT2D eigenvalue weighted by molar-refractivity contribution is 5.95. The lowest BCUT2D eigenvalue weighted by atomic mass is 9.86. The third-order valence-electron chi connectivity index (χ3n) is 8.81. The second-order valence-electron chi connectivity index (χ2n) is 11.2. The van der Waals surface area contributed by atoms with Crippen LogP contribution in [0.3, 0.4) is 0 Å². The predicted octanol–water partition coefficient (Wildman–Crippen LogP) is 9.22. The van der Waals surface area contributed by atoms with Gasteiger partial charge in [-0.2, -0.15) is 0 Å². The number of allylic oxidation sites excluding steroid dienone is 4. The molecule has 9 rings (SSSR count). The van der Waals surface area contributed by atoms with E-state index in [0.29, 0.717) is 5.95 Å². The number of benzene rings is 4. The average Bonchev–Trinajstić information content (AvgIpc) is 3.60. The Balaban J connectivity index is 1.27. The Kier molecular flexibility index (Phi) is 5.12. The molecular formula is C38H27N3O. The van der Waals surface area contributed by atoms with Crippen LogP contribution < -0.4 is 4.74 Å². The van der Waals surface area contributed by atoms with Gasteiger partial charge in [-0.1, -0.05) is 97.1 Å². The summed E-state index contributed by atoms with van der Waals surface area (Å²) in [7, 11) is 0. The van der Waals surface area contributed by atoms with E-state index in [-0.39, 0.29) is 12.0 Å². The first-order valence-corrected chi connectivity index (χ1v) is 14.7. The number of ether oxygens (including phenoxy) is 1. The van der Waals surface area contributed by atoms with Crippen LogP contribution in [0.15, 0.2) is 121 Å². The van der Waals surface area contributed by atoms with E-state index in [2.05, 4.69) is 120 Å². The molecule has 4 aromatic carbocycles. The molecule has 6 aromatic rings. The van der Waals surface area contributed by atoms with Crippen LogP contribution in [0.5, 0.6) is 5.75 Å². The van der Waals surface area contributed by atoms with Gasteiger partial charge in [-0.05, 0) is 54.3 Å². The van der Waals surface area contributed by atoms with Crippen molar-refractivity contribution in [1.29, 1.82) is 0 Å². The monoisotopic (exact) mass is 541 g/mol. The molecule has 4 heteroatoms. The van der Waals surface area contributed by atoms with Crippen molar-refractivity contribution in [2.24, 2.45) is 0 Å². The molecule has 2 atom stereocenters.